The molecule has 17 heavy (non-hydrogen) atoms. The largest absolute Gasteiger partial charge is 0.325 e. The molecule has 3 aromatic rings. The maximum atomic E-state index is 5.70. The van der Waals surface area contributed by atoms with Crippen molar-refractivity contribution in [2.24, 2.45) is 5.73 Å². The second-order valence-corrected chi connectivity index (χ2v) is 3.78. The summed E-state index contributed by atoms with van der Waals surface area (Å²) in [7, 11) is 0. The van der Waals surface area contributed by atoms with Crippen LogP contribution in [0, 0.1) is 0 Å². The molecule has 2 N–H and O–H groups in total. The summed E-state index contributed by atoms with van der Waals surface area (Å²) in [5.41, 5.74) is 9.60. The number of hydrogen-bond acceptors (Lipinski definition) is 3. The van der Waals surface area contributed by atoms with E-state index in [0.717, 1.165) is 22.4 Å². The summed E-state index contributed by atoms with van der Waals surface area (Å²) in [6.07, 6.45) is 3.56. The molecule has 0 fully saturated rings. The summed E-state index contributed by atoms with van der Waals surface area (Å²) in [6.45, 7) is 0.419. The molecule has 0 aliphatic heterocycles. The van der Waals surface area contributed by atoms with Gasteiger partial charge in [-0.2, -0.15) is 0 Å². The molecule has 0 radical (unpaired) electrons. The van der Waals surface area contributed by atoms with Crippen LogP contribution in [0.25, 0.3) is 16.7 Å². The van der Waals surface area contributed by atoms with E-state index in [1.165, 1.54) is 0 Å². The number of pyridine rings is 1. The number of hydrogen-bond donors (Lipinski definition) is 1. The van der Waals surface area contributed by atoms with Gasteiger partial charge < -0.3 is 5.73 Å². The van der Waals surface area contributed by atoms with Crippen LogP contribution in [-0.2, 0) is 6.54 Å². The van der Waals surface area contributed by atoms with Gasteiger partial charge in [0.25, 0.3) is 0 Å². The fourth-order valence-corrected chi connectivity index (χ4v) is 1.96. The average Bonchev–Trinajstić information content (AvgIpc) is 2.82. The highest BCUT2D eigenvalue weighted by molar-refractivity contribution is 5.77. The van der Waals surface area contributed by atoms with Crippen molar-refractivity contribution in [2.45, 2.75) is 6.54 Å². The van der Waals surface area contributed by atoms with Crippen molar-refractivity contribution < 1.29 is 0 Å². The van der Waals surface area contributed by atoms with E-state index in [1.807, 2.05) is 41.0 Å². The monoisotopic (exact) mass is 224 g/mol. The lowest BCUT2D eigenvalue weighted by atomic mass is 10.2. The summed E-state index contributed by atoms with van der Waals surface area (Å²) in [6, 6.07) is 11.9. The van der Waals surface area contributed by atoms with Gasteiger partial charge in [-0.15, -0.1) is 0 Å². The molecule has 0 atom stereocenters. The topological polar surface area (TPSA) is 56.7 Å². The highest BCUT2D eigenvalue weighted by atomic mass is 15.1. The number of nitrogens with zero attached hydrogens (tertiary/aromatic N) is 3. The van der Waals surface area contributed by atoms with Crippen molar-refractivity contribution in [1.82, 2.24) is 14.5 Å². The maximum Gasteiger partial charge on any atom is 0.100 e. The van der Waals surface area contributed by atoms with Crippen molar-refractivity contribution >= 4 is 11.0 Å². The third-order valence-electron chi connectivity index (χ3n) is 2.77. The van der Waals surface area contributed by atoms with Gasteiger partial charge in [-0.3, -0.25) is 9.55 Å². The molecule has 0 saturated carbocycles. The zero-order valence-electron chi connectivity index (χ0n) is 9.24. The van der Waals surface area contributed by atoms with Crippen LogP contribution in [0.5, 0.6) is 0 Å². The van der Waals surface area contributed by atoms with Crippen LogP contribution in [-0.4, -0.2) is 14.5 Å². The molecule has 0 unspecified atom stereocenters. The van der Waals surface area contributed by atoms with E-state index in [1.54, 1.807) is 12.5 Å². The van der Waals surface area contributed by atoms with Gasteiger partial charge >= 0.3 is 0 Å². The van der Waals surface area contributed by atoms with Crippen molar-refractivity contribution in [3.05, 3.63) is 54.6 Å². The van der Waals surface area contributed by atoms with E-state index in [-0.39, 0.29) is 0 Å². The van der Waals surface area contributed by atoms with E-state index in [4.69, 9.17) is 5.73 Å². The lowest BCUT2D eigenvalue weighted by Crippen LogP contribution is -2.05. The first-order valence-electron chi connectivity index (χ1n) is 5.46. The Morgan fingerprint density at radius 2 is 1.94 bits per heavy atom. The molecule has 3 rings (SSSR count). The SMILES string of the molecule is NCc1ncccc1-n1cnc2ccccc21. The third kappa shape index (κ3) is 1.59. The Labute approximate surface area is 98.7 Å². The molecular weight excluding hydrogens is 212 g/mol. The molecule has 4 heteroatoms. The molecule has 0 aliphatic carbocycles. The second-order valence-electron chi connectivity index (χ2n) is 3.78. The molecule has 0 amide bonds. The van der Waals surface area contributed by atoms with E-state index >= 15 is 0 Å². The second kappa shape index (κ2) is 3.99. The summed E-state index contributed by atoms with van der Waals surface area (Å²) in [5, 5.41) is 0. The van der Waals surface area contributed by atoms with E-state index in [0.29, 0.717) is 6.54 Å². The Morgan fingerprint density at radius 1 is 1.06 bits per heavy atom. The quantitative estimate of drug-likeness (QED) is 0.723. The Balaban J connectivity index is 2.27. The first-order chi connectivity index (χ1) is 8.40. The lowest BCUT2D eigenvalue weighted by Gasteiger charge is -2.08. The van der Waals surface area contributed by atoms with E-state index in [9.17, 15) is 0 Å². The number of para-hydroxylation sites is 2. The molecule has 4 nitrogen and oxygen atoms in total. The smallest absolute Gasteiger partial charge is 0.100 e. The minimum Gasteiger partial charge on any atom is -0.325 e. The Morgan fingerprint density at radius 3 is 2.82 bits per heavy atom. The van der Waals surface area contributed by atoms with Gasteiger partial charge in [-0.05, 0) is 24.3 Å². The highest BCUT2D eigenvalue weighted by Gasteiger charge is 2.07. The van der Waals surface area contributed by atoms with Crippen LogP contribution >= 0.6 is 0 Å². The van der Waals surface area contributed by atoms with Gasteiger partial charge in [-0.1, -0.05) is 12.1 Å². The fraction of sp³-hybridized carbons (Fsp3) is 0.0769. The van der Waals surface area contributed by atoms with Gasteiger partial charge in [0.2, 0.25) is 0 Å². The lowest BCUT2D eigenvalue weighted by molar-refractivity contribution is 0.940. The van der Waals surface area contributed by atoms with Gasteiger partial charge in [0.15, 0.2) is 0 Å². The van der Waals surface area contributed by atoms with Crippen LogP contribution < -0.4 is 5.73 Å². The van der Waals surface area contributed by atoms with Crippen LogP contribution in [0.2, 0.25) is 0 Å². The zero-order chi connectivity index (χ0) is 11.7. The van der Waals surface area contributed by atoms with Crippen LogP contribution in [0.3, 0.4) is 0 Å². The molecule has 1 aromatic carbocycles. The number of aromatic nitrogens is 3. The van der Waals surface area contributed by atoms with Crippen LogP contribution in [0.4, 0.5) is 0 Å². The predicted octanol–water partition coefficient (Wildman–Crippen LogP) is 1.88. The number of imidazole rings is 1. The predicted molar refractivity (Wildman–Crippen MR) is 66.8 cm³/mol. The number of nitrogens with two attached hydrogens (primary N) is 1. The van der Waals surface area contributed by atoms with Crippen LogP contribution in [0.1, 0.15) is 5.69 Å². The third-order valence-corrected chi connectivity index (χ3v) is 2.77. The van der Waals surface area contributed by atoms with Gasteiger partial charge in [-0.25, -0.2) is 4.98 Å². The molecular formula is C13H12N4. The summed E-state index contributed by atoms with van der Waals surface area (Å²) < 4.78 is 2.02. The molecule has 2 heterocycles. The van der Waals surface area contributed by atoms with Gasteiger partial charge in [0.05, 0.1) is 22.4 Å². The summed E-state index contributed by atoms with van der Waals surface area (Å²) >= 11 is 0. The van der Waals surface area contributed by atoms with Crippen molar-refractivity contribution in [1.29, 1.82) is 0 Å². The number of rotatable bonds is 2. The summed E-state index contributed by atoms with van der Waals surface area (Å²) in [4.78, 5) is 8.65. The van der Waals surface area contributed by atoms with Crippen LogP contribution in [0.15, 0.2) is 48.9 Å². The first-order valence-corrected chi connectivity index (χ1v) is 5.46. The fourth-order valence-electron chi connectivity index (χ4n) is 1.96. The van der Waals surface area contributed by atoms with Gasteiger partial charge in [0.1, 0.15) is 6.33 Å². The number of benzene rings is 1. The molecule has 0 aliphatic rings. The Hall–Kier alpha value is -2.20. The van der Waals surface area contributed by atoms with E-state index < -0.39 is 0 Å². The highest BCUT2D eigenvalue weighted by Crippen LogP contribution is 2.19. The van der Waals surface area contributed by atoms with Crippen molar-refractivity contribution in [3.8, 4) is 5.69 Å². The van der Waals surface area contributed by atoms with Gasteiger partial charge in [0, 0.05) is 12.7 Å². The molecule has 2 aromatic heterocycles. The van der Waals surface area contributed by atoms with Crippen molar-refractivity contribution in [2.75, 3.05) is 0 Å². The molecule has 0 saturated heterocycles. The average molecular weight is 224 g/mol. The number of fused-ring (bicyclic) bond motifs is 1. The summed E-state index contributed by atoms with van der Waals surface area (Å²) in [5.74, 6) is 0. The maximum absolute atomic E-state index is 5.70. The molecule has 0 spiro atoms. The first kappa shape index (κ1) is 9.99. The minimum absolute atomic E-state index is 0.419. The van der Waals surface area contributed by atoms with E-state index in [2.05, 4.69) is 9.97 Å². The van der Waals surface area contributed by atoms with Crippen molar-refractivity contribution in [3.63, 3.8) is 0 Å². The molecule has 84 valence electrons. The Kier molecular flexibility index (Phi) is 2.34. The Bertz CT molecular complexity index is 657. The standard InChI is InChI=1S/C13H12N4/c14-8-11-13(6-3-7-15-11)17-9-16-10-4-1-2-5-12(10)17/h1-7,9H,8,14H2. The normalized spacial score (nSPS) is 10.9. The minimum atomic E-state index is 0.419. The zero-order valence-corrected chi connectivity index (χ0v) is 9.24. The molecule has 0 bridgehead atoms.